The van der Waals surface area contributed by atoms with Gasteiger partial charge >= 0.3 is 6.18 Å². The number of hydrogen-bond donors (Lipinski definition) is 1. The van der Waals surface area contributed by atoms with Crippen LogP contribution in [0.5, 0.6) is 5.75 Å². The monoisotopic (exact) mass is 386 g/mol. The topological polar surface area (TPSA) is 41.6 Å². The van der Waals surface area contributed by atoms with Gasteiger partial charge in [-0.05, 0) is 56.6 Å². The summed E-state index contributed by atoms with van der Waals surface area (Å²) in [6, 6.07) is 8.73. The number of ether oxygens (including phenoxy) is 1. The molecule has 0 saturated carbocycles. The molecule has 1 amide bonds. The first-order chi connectivity index (χ1) is 12.2. The Balaban J connectivity index is 2.01. The van der Waals surface area contributed by atoms with E-state index in [9.17, 15) is 18.0 Å². The lowest BCUT2D eigenvalue weighted by Gasteiger charge is -2.13. The number of nitrogens with one attached hydrogen (secondary N) is 1. The Bertz CT molecular complexity index is 762. The SMILES string of the molecule is CN(C)CCOc1ccc(NC(=O)c2ccc(C(F)(F)F)cc2)cc1Cl. The van der Waals surface area contributed by atoms with Crippen molar-refractivity contribution in [3.05, 3.63) is 58.6 Å². The third kappa shape index (κ3) is 5.64. The molecule has 0 unspecified atom stereocenters. The van der Waals surface area contributed by atoms with Crippen LogP contribution in [0.2, 0.25) is 5.02 Å². The van der Waals surface area contributed by atoms with Crippen molar-refractivity contribution < 1.29 is 22.7 Å². The van der Waals surface area contributed by atoms with Crippen LogP contribution in [0.4, 0.5) is 18.9 Å². The summed E-state index contributed by atoms with van der Waals surface area (Å²) in [4.78, 5) is 14.1. The number of amides is 1. The lowest BCUT2D eigenvalue weighted by atomic mass is 10.1. The summed E-state index contributed by atoms with van der Waals surface area (Å²) in [5.41, 5.74) is -0.281. The van der Waals surface area contributed by atoms with Gasteiger partial charge < -0.3 is 15.0 Å². The Morgan fingerprint density at radius 1 is 1.15 bits per heavy atom. The normalized spacial score (nSPS) is 11.5. The molecule has 140 valence electrons. The summed E-state index contributed by atoms with van der Waals surface area (Å²) in [6.45, 7) is 1.19. The van der Waals surface area contributed by atoms with Gasteiger partial charge in [-0.1, -0.05) is 11.6 Å². The second-order valence-corrected chi connectivity index (χ2v) is 6.23. The third-order valence-corrected chi connectivity index (χ3v) is 3.76. The van der Waals surface area contributed by atoms with Crippen LogP contribution in [-0.2, 0) is 6.18 Å². The Kier molecular flexibility index (Phi) is 6.50. The standard InChI is InChI=1S/C18H18ClF3N2O2/c1-24(2)9-10-26-16-8-7-14(11-15(16)19)23-17(25)12-3-5-13(6-4-12)18(20,21)22/h3-8,11H,9-10H2,1-2H3,(H,23,25). The lowest BCUT2D eigenvalue weighted by molar-refractivity contribution is -0.137. The van der Waals surface area contributed by atoms with Crippen molar-refractivity contribution in [3.8, 4) is 5.75 Å². The number of nitrogens with zero attached hydrogens (tertiary/aromatic N) is 1. The molecule has 0 heterocycles. The van der Waals surface area contributed by atoms with Crippen LogP contribution < -0.4 is 10.1 Å². The molecule has 0 fully saturated rings. The molecule has 0 aliphatic rings. The Morgan fingerprint density at radius 2 is 1.81 bits per heavy atom. The molecular formula is C18H18ClF3N2O2. The summed E-state index contributed by atoms with van der Waals surface area (Å²) >= 11 is 6.13. The van der Waals surface area contributed by atoms with E-state index in [1.54, 1.807) is 12.1 Å². The molecule has 1 N–H and O–H groups in total. The van der Waals surface area contributed by atoms with E-state index in [2.05, 4.69) is 5.32 Å². The van der Waals surface area contributed by atoms with Crippen molar-refractivity contribution in [2.45, 2.75) is 6.18 Å². The van der Waals surface area contributed by atoms with Crippen molar-refractivity contribution in [2.24, 2.45) is 0 Å². The highest BCUT2D eigenvalue weighted by Gasteiger charge is 2.30. The fourth-order valence-electron chi connectivity index (χ4n) is 2.05. The first-order valence-corrected chi connectivity index (χ1v) is 8.10. The van der Waals surface area contributed by atoms with Crippen molar-refractivity contribution >= 4 is 23.2 Å². The molecule has 26 heavy (non-hydrogen) atoms. The fourth-order valence-corrected chi connectivity index (χ4v) is 2.28. The molecular weight excluding hydrogens is 369 g/mol. The van der Waals surface area contributed by atoms with Gasteiger partial charge in [0.1, 0.15) is 12.4 Å². The Hall–Kier alpha value is -2.25. The molecule has 2 rings (SSSR count). The molecule has 0 atom stereocenters. The Morgan fingerprint density at radius 3 is 2.35 bits per heavy atom. The van der Waals surface area contributed by atoms with Gasteiger partial charge in [0, 0.05) is 17.8 Å². The zero-order valence-electron chi connectivity index (χ0n) is 14.2. The van der Waals surface area contributed by atoms with E-state index in [0.29, 0.717) is 23.1 Å². The average molecular weight is 387 g/mol. The van der Waals surface area contributed by atoms with Crippen molar-refractivity contribution in [1.82, 2.24) is 4.90 Å². The van der Waals surface area contributed by atoms with Crippen molar-refractivity contribution in [3.63, 3.8) is 0 Å². The van der Waals surface area contributed by atoms with Crippen molar-refractivity contribution in [2.75, 3.05) is 32.6 Å². The average Bonchev–Trinajstić information content (AvgIpc) is 2.56. The zero-order valence-corrected chi connectivity index (χ0v) is 15.0. The number of rotatable bonds is 6. The minimum atomic E-state index is -4.44. The molecule has 0 bridgehead atoms. The number of likely N-dealkylation sites (N-methyl/N-ethyl adjacent to an activating group) is 1. The van der Waals surface area contributed by atoms with Crippen molar-refractivity contribution in [1.29, 1.82) is 0 Å². The van der Waals surface area contributed by atoms with E-state index in [1.165, 1.54) is 6.07 Å². The maximum atomic E-state index is 12.6. The minimum absolute atomic E-state index is 0.112. The minimum Gasteiger partial charge on any atom is -0.491 e. The molecule has 0 saturated heterocycles. The molecule has 2 aromatic carbocycles. The molecule has 0 aliphatic carbocycles. The summed E-state index contributed by atoms with van der Waals surface area (Å²) in [5.74, 6) is -0.0443. The van der Waals surface area contributed by atoms with E-state index in [0.717, 1.165) is 30.8 Å². The van der Waals surface area contributed by atoms with Crippen LogP contribution in [0.3, 0.4) is 0 Å². The first kappa shape index (κ1) is 20.1. The smallest absolute Gasteiger partial charge is 0.416 e. The number of benzene rings is 2. The van der Waals surface area contributed by atoms with Crippen LogP contribution in [0, 0.1) is 0 Å². The van der Waals surface area contributed by atoms with Crippen LogP contribution in [0.25, 0.3) is 0 Å². The van der Waals surface area contributed by atoms with Gasteiger partial charge in [-0.25, -0.2) is 0 Å². The van der Waals surface area contributed by atoms with E-state index in [1.807, 2.05) is 19.0 Å². The van der Waals surface area contributed by atoms with Gasteiger partial charge in [-0.15, -0.1) is 0 Å². The maximum absolute atomic E-state index is 12.6. The molecule has 4 nitrogen and oxygen atoms in total. The zero-order chi connectivity index (χ0) is 19.3. The number of alkyl halides is 3. The lowest BCUT2D eigenvalue weighted by Crippen LogP contribution is -2.19. The summed E-state index contributed by atoms with van der Waals surface area (Å²) in [6.07, 6.45) is -4.44. The van der Waals surface area contributed by atoms with Crippen LogP contribution >= 0.6 is 11.6 Å². The number of carbonyl (C=O) groups is 1. The summed E-state index contributed by atoms with van der Waals surface area (Å²) in [5, 5.41) is 2.92. The fraction of sp³-hybridized carbons (Fsp3) is 0.278. The number of hydrogen-bond acceptors (Lipinski definition) is 3. The second kappa shape index (κ2) is 8.42. The third-order valence-electron chi connectivity index (χ3n) is 3.46. The quantitative estimate of drug-likeness (QED) is 0.791. The molecule has 0 radical (unpaired) electrons. The maximum Gasteiger partial charge on any atom is 0.416 e. The molecule has 0 aromatic heterocycles. The molecule has 8 heteroatoms. The van der Waals surface area contributed by atoms with Gasteiger partial charge in [0.05, 0.1) is 10.6 Å². The largest absolute Gasteiger partial charge is 0.491 e. The van der Waals surface area contributed by atoms with Gasteiger partial charge in [0.15, 0.2) is 0 Å². The highest BCUT2D eigenvalue weighted by molar-refractivity contribution is 6.32. The van der Waals surface area contributed by atoms with Crippen LogP contribution in [-0.4, -0.2) is 38.1 Å². The highest BCUT2D eigenvalue weighted by Crippen LogP contribution is 2.30. The molecule has 0 aliphatic heterocycles. The van der Waals surface area contributed by atoms with Crippen LogP contribution in [0.1, 0.15) is 15.9 Å². The van der Waals surface area contributed by atoms with Gasteiger partial charge in [-0.3, -0.25) is 4.79 Å². The summed E-state index contributed by atoms with van der Waals surface area (Å²) in [7, 11) is 3.84. The molecule has 0 spiro atoms. The van der Waals surface area contributed by atoms with E-state index < -0.39 is 17.6 Å². The Labute approximate surface area is 154 Å². The van der Waals surface area contributed by atoms with E-state index in [4.69, 9.17) is 16.3 Å². The van der Waals surface area contributed by atoms with E-state index in [-0.39, 0.29) is 5.56 Å². The van der Waals surface area contributed by atoms with Gasteiger partial charge in [0.2, 0.25) is 0 Å². The van der Waals surface area contributed by atoms with E-state index >= 15 is 0 Å². The summed E-state index contributed by atoms with van der Waals surface area (Å²) < 4.78 is 43.2. The first-order valence-electron chi connectivity index (χ1n) is 7.72. The molecule has 2 aromatic rings. The van der Waals surface area contributed by atoms with Crippen LogP contribution in [0.15, 0.2) is 42.5 Å². The highest BCUT2D eigenvalue weighted by atomic mass is 35.5. The predicted molar refractivity (Wildman–Crippen MR) is 94.9 cm³/mol. The number of halogens is 4. The van der Waals surface area contributed by atoms with Gasteiger partial charge in [-0.2, -0.15) is 13.2 Å². The van der Waals surface area contributed by atoms with Gasteiger partial charge in [0.25, 0.3) is 5.91 Å². The number of anilines is 1. The predicted octanol–water partition coefficient (Wildman–Crippen LogP) is 4.55. The second-order valence-electron chi connectivity index (χ2n) is 5.83. The number of carbonyl (C=O) groups excluding carboxylic acids is 1.